The number of nitrogens with one attached hydrogen (secondary N) is 1. The maximum atomic E-state index is 12.0. The van der Waals surface area contributed by atoms with E-state index in [1.807, 2.05) is 11.8 Å². The number of carbonyl (C=O) groups excluding carboxylic acids is 1. The van der Waals surface area contributed by atoms with Gasteiger partial charge in [0.05, 0.1) is 6.61 Å². The molecule has 1 unspecified atom stereocenters. The molecule has 4 nitrogen and oxygen atoms in total. The SMILES string of the molecule is CCOCC1CCCN(C(=O)NCC(C)(C)C)C1. The van der Waals surface area contributed by atoms with Crippen molar-refractivity contribution in [1.29, 1.82) is 0 Å². The number of rotatable bonds is 4. The van der Waals surface area contributed by atoms with Gasteiger partial charge in [-0.1, -0.05) is 20.8 Å². The van der Waals surface area contributed by atoms with Crippen LogP contribution in [0.4, 0.5) is 4.79 Å². The van der Waals surface area contributed by atoms with Crippen LogP contribution in [0.1, 0.15) is 40.5 Å². The standard InChI is InChI=1S/C14H28N2O2/c1-5-18-10-12-7-6-8-16(9-12)13(17)15-11-14(2,3)4/h12H,5-11H2,1-4H3,(H,15,17). The Morgan fingerprint density at radius 2 is 2.17 bits per heavy atom. The highest BCUT2D eigenvalue weighted by molar-refractivity contribution is 5.74. The van der Waals surface area contributed by atoms with Crippen LogP contribution in [-0.2, 0) is 4.74 Å². The van der Waals surface area contributed by atoms with E-state index in [1.165, 1.54) is 6.42 Å². The van der Waals surface area contributed by atoms with Gasteiger partial charge in [-0.25, -0.2) is 4.79 Å². The number of hydrogen-bond donors (Lipinski definition) is 1. The molecule has 0 aromatic rings. The lowest BCUT2D eigenvalue weighted by atomic mass is 9.97. The summed E-state index contributed by atoms with van der Waals surface area (Å²) in [6.45, 7) is 12.3. The van der Waals surface area contributed by atoms with Crippen LogP contribution in [0.15, 0.2) is 0 Å². The molecule has 1 N–H and O–H groups in total. The van der Waals surface area contributed by atoms with E-state index in [2.05, 4.69) is 26.1 Å². The minimum Gasteiger partial charge on any atom is -0.381 e. The molecule has 0 bridgehead atoms. The average Bonchev–Trinajstić information content (AvgIpc) is 2.33. The first-order valence-corrected chi connectivity index (χ1v) is 7.03. The Morgan fingerprint density at radius 1 is 1.44 bits per heavy atom. The van der Waals surface area contributed by atoms with Crippen molar-refractivity contribution in [3.8, 4) is 0 Å². The molecular formula is C14H28N2O2. The van der Waals surface area contributed by atoms with Gasteiger partial charge < -0.3 is 15.0 Å². The molecule has 0 aromatic heterocycles. The van der Waals surface area contributed by atoms with E-state index in [1.54, 1.807) is 0 Å². The molecule has 0 aromatic carbocycles. The Balaban J connectivity index is 2.34. The zero-order valence-corrected chi connectivity index (χ0v) is 12.3. The molecule has 1 atom stereocenters. The Labute approximate surface area is 111 Å². The fraction of sp³-hybridized carbons (Fsp3) is 0.929. The molecule has 1 aliphatic heterocycles. The Kier molecular flexibility index (Phi) is 5.93. The van der Waals surface area contributed by atoms with Crippen LogP contribution < -0.4 is 5.32 Å². The van der Waals surface area contributed by atoms with Gasteiger partial charge >= 0.3 is 6.03 Å². The van der Waals surface area contributed by atoms with Crippen molar-refractivity contribution in [2.75, 3.05) is 32.8 Å². The van der Waals surface area contributed by atoms with Crippen molar-refractivity contribution in [1.82, 2.24) is 10.2 Å². The number of amides is 2. The van der Waals surface area contributed by atoms with Crippen LogP contribution in [0.3, 0.4) is 0 Å². The second-order valence-electron chi connectivity index (χ2n) is 6.33. The largest absolute Gasteiger partial charge is 0.381 e. The van der Waals surface area contributed by atoms with E-state index in [-0.39, 0.29) is 11.4 Å². The minimum absolute atomic E-state index is 0.0751. The maximum Gasteiger partial charge on any atom is 0.317 e. The third-order valence-corrected chi connectivity index (χ3v) is 3.13. The number of hydrogen-bond acceptors (Lipinski definition) is 2. The van der Waals surface area contributed by atoms with Gasteiger partial charge in [0, 0.05) is 32.2 Å². The number of nitrogens with zero attached hydrogens (tertiary/aromatic N) is 1. The molecule has 1 rings (SSSR count). The highest BCUT2D eigenvalue weighted by atomic mass is 16.5. The van der Waals surface area contributed by atoms with E-state index in [4.69, 9.17) is 4.74 Å². The van der Waals surface area contributed by atoms with Crippen LogP contribution in [0, 0.1) is 11.3 Å². The number of carbonyl (C=O) groups is 1. The molecule has 0 radical (unpaired) electrons. The maximum absolute atomic E-state index is 12.0. The summed E-state index contributed by atoms with van der Waals surface area (Å²) in [6.07, 6.45) is 2.25. The normalized spacial score (nSPS) is 20.9. The quantitative estimate of drug-likeness (QED) is 0.839. The van der Waals surface area contributed by atoms with Crippen LogP contribution in [-0.4, -0.2) is 43.8 Å². The molecule has 1 saturated heterocycles. The minimum atomic E-state index is 0.0751. The number of urea groups is 1. The van der Waals surface area contributed by atoms with Gasteiger partial charge in [-0.3, -0.25) is 0 Å². The average molecular weight is 256 g/mol. The first kappa shape index (κ1) is 15.3. The molecule has 106 valence electrons. The zero-order valence-electron chi connectivity index (χ0n) is 12.3. The molecule has 4 heteroatoms. The Hall–Kier alpha value is -0.770. The first-order valence-electron chi connectivity index (χ1n) is 7.03. The number of piperidine rings is 1. The number of ether oxygens (including phenoxy) is 1. The van der Waals surface area contributed by atoms with E-state index < -0.39 is 0 Å². The highest BCUT2D eigenvalue weighted by Crippen LogP contribution is 2.17. The van der Waals surface area contributed by atoms with E-state index in [0.717, 1.165) is 39.3 Å². The Morgan fingerprint density at radius 3 is 2.78 bits per heavy atom. The first-order chi connectivity index (χ1) is 8.42. The topological polar surface area (TPSA) is 41.6 Å². The second kappa shape index (κ2) is 6.98. The summed E-state index contributed by atoms with van der Waals surface area (Å²) >= 11 is 0. The van der Waals surface area contributed by atoms with Crippen molar-refractivity contribution in [2.45, 2.75) is 40.5 Å². The summed E-state index contributed by atoms with van der Waals surface area (Å²) in [4.78, 5) is 14.0. The van der Waals surface area contributed by atoms with E-state index >= 15 is 0 Å². The third kappa shape index (κ3) is 5.71. The van der Waals surface area contributed by atoms with Gasteiger partial charge in [-0.15, -0.1) is 0 Å². The van der Waals surface area contributed by atoms with Crippen molar-refractivity contribution in [2.24, 2.45) is 11.3 Å². The van der Waals surface area contributed by atoms with Crippen molar-refractivity contribution < 1.29 is 9.53 Å². The smallest absolute Gasteiger partial charge is 0.317 e. The molecule has 0 spiro atoms. The molecule has 1 heterocycles. The fourth-order valence-corrected chi connectivity index (χ4v) is 2.12. The molecule has 1 fully saturated rings. The molecule has 1 aliphatic rings. The summed E-state index contributed by atoms with van der Waals surface area (Å²) in [7, 11) is 0. The highest BCUT2D eigenvalue weighted by Gasteiger charge is 2.24. The summed E-state index contributed by atoms with van der Waals surface area (Å²) in [6, 6.07) is 0.0751. The van der Waals surface area contributed by atoms with E-state index in [0.29, 0.717) is 5.92 Å². The van der Waals surface area contributed by atoms with Gasteiger partial charge in [-0.05, 0) is 25.2 Å². The lowest BCUT2D eigenvalue weighted by Gasteiger charge is -2.33. The van der Waals surface area contributed by atoms with Crippen molar-refractivity contribution >= 4 is 6.03 Å². The summed E-state index contributed by atoms with van der Waals surface area (Å²) in [5.41, 5.74) is 0.135. The predicted molar refractivity (Wildman–Crippen MR) is 73.6 cm³/mol. The van der Waals surface area contributed by atoms with Crippen molar-refractivity contribution in [3.05, 3.63) is 0 Å². The van der Waals surface area contributed by atoms with Gasteiger partial charge in [0.25, 0.3) is 0 Å². The zero-order chi connectivity index (χ0) is 13.6. The molecule has 2 amide bonds. The lowest BCUT2D eigenvalue weighted by molar-refractivity contribution is 0.0752. The summed E-state index contributed by atoms with van der Waals surface area (Å²) in [5.74, 6) is 0.499. The fourth-order valence-electron chi connectivity index (χ4n) is 2.12. The monoisotopic (exact) mass is 256 g/mol. The summed E-state index contributed by atoms with van der Waals surface area (Å²) in [5, 5.41) is 3.02. The summed E-state index contributed by atoms with van der Waals surface area (Å²) < 4.78 is 5.46. The van der Waals surface area contributed by atoms with E-state index in [9.17, 15) is 4.79 Å². The van der Waals surface area contributed by atoms with Gasteiger partial charge in [-0.2, -0.15) is 0 Å². The second-order valence-corrected chi connectivity index (χ2v) is 6.33. The van der Waals surface area contributed by atoms with Crippen LogP contribution in [0.2, 0.25) is 0 Å². The molecule has 0 saturated carbocycles. The third-order valence-electron chi connectivity index (χ3n) is 3.13. The Bertz CT molecular complexity index is 261. The van der Waals surface area contributed by atoms with Crippen LogP contribution >= 0.6 is 0 Å². The lowest BCUT2D eigenvalue weighted by Crippen LogP contribution is -2.48. The van der Waals surface area contributed by atoms with Crippen LogP contribution in [0.25, 0.3) is 0 Å². The van der Waals surface area contributed by atoms with Gasteiger partial charge in [0.2, 0.25) is 0 Å². The molecular weight excluding hydrogens is 228 g/mol. The molecule has 0 aliphatic carbocycles. The predicted octanol–water partition coefficient (Wildman–Crippen LogP) is 2.49. The molecule has 18 heavy (non-hydrogen) atoms. The van der Waals surface area contributed by atoms with Gasteiger partial charge in [0.15, 0.2) is 0 Å². The van der Waals surface area contributed by atoms with Gasteiger partial charge in [0.1, 0.15) is 0 Å². The van der Waals surface area contributed by atoms with Crippen molar-refractivity contribution in [3.63, 3.8) is 0 Å². The number of likely N-dealkylation sites (tertiary alicyclic amines) is 1. The van der Waals surface area contributed by atoms with Crippen LogP contribution in [0.5, 0.6) is 0 Å².